The molecule has 1 aromatic rings. The monoisotopic (exact) mass is 343 g/mol. The van der Waals surface area contributed by atoms with E-state index in [0.717, 1.165) is 18.4 Å². The summed E-state index contributed by atoms with van der Waals surface area (Å²) in [5.74, 6) is 1.19. The summed E-state index contributed by atoms with van der Waals surface area (Å²) >= 11 is 5.93. The van der Waals surface area contributed by atoms with E-state index in [4.69, 9.17) is 16.3 Å². The number of hydrogen-bond donors (Lipinski definition) is 1. The average molecular weight is 344 g/mol. The largest absolute Gasteiger partial charge is 0.381 e. The normalized spacial score (nSPS) is 29.5. The van der Waals surface area contributed by atoms with Gasteiger partial charge in [-0.2, -0.15) is 0 Å². The van der Waals surface area contributed by atoms with Gasteiger partial charge in [-0.1, -0.05) is 30.7 Å². The number of sulfonamides is 1. The molecule has 1 heterocycles. The van der Waals surface area contributed by atoms with Gasteiger partial charge < -0.3 is 4.74 Å². The molecule has 2 fully saturated rings. The van der Waals surface area contributed by atoms with Crippen LogP contribution in [0.3, 0.4) is 0 Å². The molecule has 2 aliphatic rings. The van der Waals surface area contributed by atoms with Crippen molar-refractivity contribution < 1.29 is 13.2 Å². The second-order valence-electron chi connectivity index (χ2n) is 6.53. The molecule has 1 aromatic carbocycles. The fraction of sp³-hybridized carbons (Fsp3) is 0.625. The topological polar surface area (TPSA) is 55.4 Å². The van der Waals surface area contributed by atoms with Crippen molar-refractivity contribution in [3.63, 3.8) is 0 Å². The van der Waals surface area contributed by atoms with Gasteiger partial charge in [0, 0.05) is 17.7 Å². The van der Waals surface area contributed by atoms with E-state index >= 15 is 0 Å². The summed E-state index contributed by atoms with van der Waals surface area (Å²) in [6.07, 6.45) is 1.88. The molecule has 1 saturated carbocycles. The van der Waals surface area contributed by atoms with Gasteiger partial charge in [-0.05, 0) is 48.3 Å². The molecule has 4 nitrogen and oxygen atoms in total. The first kappa shape index (κ1) is 16.2. The first-order chi connectivity index (χ1) is 10.4. The standard InChI is InChI=1S/C16H22ClNO3S/c1-11-8-15(11)16(13-2-4-14(17)5-3-13)18-22(19,20)10-12-6-7-21-9-12/h2-5,11-12,15-16,18H,6-10H2,1H3. The molecular weight excluding hydrogens is 322 g/mol. The van der Waals surface area contributed by atoms with E-state index in [0.29, 0.717) is 30.1 Å². The Morgan fingerprint density at radius 1 is 1.36 bits per heavy atom. The highest BCUT2D eigenvalue weighted by molar-refractivity contribution is 7.89. The van der Waals surface area contributed by atoms with Gasteiger partial charge >= 0.3 is 0 Å². The fourth-order valence-electron chi connectivity index (χ4n) is 3.15. The SMILES string of the molecule is CC1CC1C(NS(=O)(=O)CC1CCOC1)c1ccc(Cl)cc1. The van der Waals surface area contributed by atoms with Gasteiger partial charge in [0.1, 0.15) is 0 Å². The summed E-state index contributed by atoms with van der Waals surface area (Å²) < 4.78 is 33.2. The second kappa shape index (κ2) is 6.48. The van der Waals surface area contributed by atoms with Crippen molar-refractivity contribution in [2.45, 2.75) is 25.8 Å². The predicted molar refractivity (Wildman–Crippen MR) is 87.3 cm³/mol. The zero-order valence-corrected chi connectivity index (χ0v) is 14.2. The third-order valence-electron chi connectivity index (χ3n) is 4.61. The van der Waals surface area contributed by atoms with Crippen LogP contribution in [0, 0.1) is 17.8 Å². The van der Waals surface area contributed by atoms with Gasteiger partial charge in [-0.3, -0.25) is 0 Å². The lowest BCUT2D eigenvalue weighted by molar-refractivity contribution is 0.188. The maximum absolute atomic E-state index is 12.5. The van der Waals surface area contributed by atoms with Gasteiger partial charge in [0.2, 0.25) is 10.0 Å². The van der Waals surface area contributed by atoms with Gasteiger partial charge in [0.25, 0.3) is 0 Å². The highest BCUT2D eigenvalue weighted by atomic mass is 35.5. The van der Waals surface area contributed by atoms with Crippen molar-refractivity contribution in [3.8, 4) is 0 Å². The Bertz CT molecular complexity index is 611. The molecule has 1 aliphatic carbocycles. The van der Waals surface area contributed by atoms with E-state index in [1.54, 1.807) is 0 Å². The Balaban J connectivity index is 1.73. The Morgan fingerprint density at radius 3 is 2.59 bits per heavy atom. The third kappa shape index (κ3) is 4.02. The van der Waals surface area contributed by atoms with Crippen LogP contribution < -0.4 is 4.72 Å². The number of rotatable bonds is 6. The van der Waals surface area contributed by atoms with Crippen LogP contribution in [0.15, 0.2) is 24.3 Å². The Labute approximate surface area is 137 Å². The molecule has 1 N–H and O–H groups in total. The first-order valence-corrected chi connectivity index (χ1v) is 9.81. The van der Waals surface area contributed by atoms with Gasteiger partial charge in [0.15, 0.2) is 0 Å². The second-order valence-corrected chi connectivity index (χ2v) is 8.77. The first-order valence-electron chi connectivity index (χ1n) is 7.78. The quantitative estimate of drug-likeness (QED) is 0.863. The lowest BCUT2D eigenvalue weighted by atomic mass is 10.0. The van der Waals surface area contributed by atoms with Crippen LogP contribution in [-0.4, -0.2) is 27.4 Å². The minimum atomic E-state index is -3.31. The molecular formula is C16H22ClNO3S. The Hall–Kier alpha value is -0.620. The zero-order chi connectivity index (χ0) is 15.7. The summed E-state index contributed by atoms with van der Waals surface area (Å²) in [4.78, 5) is 0. The van der Waals surface area contributed by atoms with Gasteiger partial charge in [-0.15, -0.1) is 0 Å². The van der Waals surface area contributed by atoms with Crippen LogP contribution in [0.5, 0.6) is 0 Å². The predicted octanol–water partition coefficient (Wildman–Crippen LogP) is 2.99. The summed E-state index contributed by atoms with van der Waals surface area (Å²) in [5, 5.41) is 0.664. The number of benzene rings is 1. The van der Waals surface area contributed by atoms with Crippen LogP contribution in [0.4, 0.5) is 0 Å². The molecule has 1 aliphatic heterocycles. The van der Waals surface area contributed by atoms with E-state index in [1.165, 1.54) is 0 Å². The summed E-state index contributed by atoms with van der Waals surface area (Å²) in [6.45, 7) is 3.37. The smallest absolute Gasteiger partial charge is 0.212 e. The molecule has 22 heavy (non-hydrogen) atoms. The highest BCUT2D eigenvalue weighted by Gasteiger charge is 2.42. The summed E-state index contributed by atoms with van der Waals surface area (Å²) in [6, 6.07) is 7.31. The molecule has 0 aromatic heterocycles. The van der Waals surface area contributed by atoms with Gasteiger partial charge in [0.05, 0.1) is 12.4 Å². The van der Waals surface area contributed by atoms with Crippen LogP contribution in [-0.2, 0) is 14.8 Å². The summed E-state index contributed by atoms with van der Waals surface area (Å²) in [5.41, 5.74) is 0.991. The van der Waals surface area contributed by atoms with Crippen molar-refractivity contribution in [1.29, 1.82) is 0 Å². The molecule has 0 bridgehead atoms. The molecule has 4 unspecified atom stereocenters. The van der Waals surface area contributed by atoms with Crippen LogP contribution in [0.25, 0.3) is 0 Å². The minimum Gasteiger partial charge on any atom is -0.381 e. The molecule has 0 spiro atoms. The molecule has 3 rings (SSSR count). The molecule has 122 valence electrons. The van der Waals surface area contributed by atoms with E-state index in [2.05, 4.69) is 11.6 Å². The van der Waals surface area contributed by atoms with E-state index < -0.39 is 10.0 Å². The summed E-state index contributed by atoms with van der Waals surface area (Å²) in [7, 11) is -3.31. The average Bonchev–Trinajstić information content (AvgIpc) is 2.95. The number of ether oxygens (including phenoxy) is 1. The lowest BCUT2D eigenvalue weighted by Gasteiger charge is -2.20. The van der Waals surface area contributed by atoms with Crippen molar-refractivity contribution >= 4 is 21.6 Å². The van der Waals surface area contributed by atoms with E-state index in [1.807, 2.05) is 24.3 Å². The van der Waals surface area contributed by atoms with Crippen molar-refractivity contribution in [2.75, 3.05) is 19.0 Å². The van der Waals surface area contributed by atoms with Crippen molar-refractivity contribution in [1.82, 2.24) is 4.72 Å². The minimum absolute atomic E-state index is 0.111. The Morgan fingerprint density at radius 2 is 2.05 bits per heavy atom. The number of halogens is 1. The fourth-order valence-corrected chi connectivity index (χ4v) is 4.96. The third-order valence-corrected chi connectivity index (χ3v) is 6.39. The van der Waals surface area contributed by atoms with Crippen molar-refractivity contribution in [2.24, 2.45) is 17.8 Å². The Kier molecular flexibility index (Phi) is 4.78. The van der Waals surface area contributed by atoms with Crippen molar-refractivity contribution in [3.05, 3.63) is 34.9 Å². The maximum Gasteiger partial charge on any atom is 0.212 e. The lowest BCUT2D eigenvalue weighted by Crippen LogP contribution is -2.34. The van der Waals surface area contributed by atoms with E-state index in [9.17, 15) is 8.42 Å². The van der Waals surface area contributed by atoms with Crippen LogP contribution >= 0.6 is 11.6 Å². The van der Waals surface area contributed by atoms with Gasteiger partial charge in [-0.25, -0.2) is 13.1 Å². The molecule has 4 atom stereocenters. The molecule has 0 amide bonds. The van der Waals surface area contributed by atoms with Crippen LogP contribution in [0.2, 0.25) is 5.02 Å². The number of nitrogens with one attached hydrogen (secondary N) is 1. The van der Waals surface area contributed by atoms with Crippen LogP contribution in [0.1, 0.15) is 31.4 Å². The number of hydrogen-bond acceptors (Lipinski definition) is 3. The molecule has 1 saturated heterocycles. The highest BCUT2D eigenvalue weighted by Crippen LogP contribution is 2.47. The van der Waals surface area contributed by atoms with E-state index in [-0.39, 0.29) is 17.7 Å². The molecule has 0 radical (unpaired) electrons. The molecule has 6 heteroatoms. The zero-order valence-electron chi connectivity index (χ0n) is 12.7. The maximum atomic E-state index is 12.5.